The molecular formula is C27H27N7O4. The molecule has 0 atom stereocenters. The predicted molar refractivity (Wildman–Crippen MR) is 143 cm³/mol. The van der Waals surface area contributed by atoms with E-state index in [0.29, 0.717) is 48.2 Å². The number of anilines is 2. The number of nitrogens with zero attached hydrogens (tertiary/aromatic N) is 6. The lowest BCUT2D eigenvalue weighted by atomic mass is 10.0. The minimum atomic E-state index is -0.254. The number of hydrogen-bond acceptors (Lipinski definition) is 6. The molecule has 1 aliphatic rings. The van der Waals surface area contributed by atoms with Crippen LogP contribution in [0.2, 0.25) is 0 Å². The van der Waals surface area contributed by atoms with Crippen molar-refractivity contribution < 1.29 is 14.3 Å². The van der Waals surface area contributed by atoms with Crippen molar-refractivity contribution in [2.75, 3.05) is 36.5 Å². The molecule has 38 heavy (non-hydrogen) atoms. The summed E-state index contributed by atoms with van der Waals surface area (Å²) in [4.78, 5) is 45.6. The van der Waals surface area contributed by atoms with E-state index in [1.54, 1.807) is 54.4 Å². The van der Waals surface area contributed by atoms with Gasteiger partial charge in [-0.2, -0.15) is 5.10 Å². The number of aromatic nitrogens is 4. The van der Waals surface area contributed by atoms with E-state index in [0.717, 1.165) is 11.1 Å². The Labute approximate surface area is 218 Å². The van der Waals surface area contributed by atoms with Crippen LogP contribution in [0.5, 0.6) is 5.75 Å². The van der Waals surface area contributed by atoms with Crippen LogP contribution < -0.4 is 25.5 Å². The number of ether oxygens (including phenoxy) is 1. The lowest BCUT2D eigenvalue weighted by molar-refractivity contribution is 0.0963. The lowest BCUT2D eigenvalue weighted by Gasteiger charge is -2.22. The molecule has 1 fully saturated rings. The van der Waals surface area contributed by atoms with E-state index >= 15 is 0 Å². The van der Waals surface area contributed by atoms with Gasteiger partial charge in [0.1, 0.15) is 6.33 Å². The second kappa shape index (κ2) is 10.2. The molecule has 0 saturated carbocycles. The van der Waals surface area contributed by atoms with E-state index < -0.39 is 0 Å². The summed E-state index contributed by atoms with van der Waals surface area (Å²) in [5.74, 6) is 0.699. The Balaban J connectivity index is 1.47. The molecule has 4 aromatic rings. The number of carbonyl (C=O) groups is 2. The average molecular weight is 514 g/mol. The van der Waals surface area contributed by atoms with Crippen molar-refractivity contribution >= 4 is 23.4 Å². The Bertz CT molecular complexity index is 1560. The van der Waals surface area contributed by atoms with Crippen LogP contribution in [0, 0.1) is 0 Å². The summed E-state index contributed by atoms with van der Waals surface area (Å²) in [5.41, 5.74) is 3.17. The van der Waals surface area contributed by atoms with Crippen LogP contribution in [0.15, 0.2) is 71.9 Å². The third-order valence-electron chi connectivity index (χ3n) is 6.37. The minimum absolute atomic E-state index is 0.220. The van der Waals surface area contributed by atoms with Gasteiger partial charge < -0.3 is 10.1 Å². The normalized spacial score (nSPS) is 13.2. The molecule has 11 heteroatoms. The molecule has 2 aromatic heterocycles. The number of hydrogen-bond donors (Lipinski definition) is 1. The van der Waals surface area contributed by atoms with Crippen LogP contribution in [0.4, 0.5) is 16.3 Å². The van der Waals surface area contributed by atoms with Gasteiger partial charge in [0, 0.05) is 50.2 Å². The van der Waals surface area contributed by atoms with Gasteiger partial charge in [-0.15, -0.1) is 0 Å². The Morgan fingerprint density at radius 3 is 2.47 bits per heavy atom. The lowest BCUT2D eigenvalue weighted by Crippen LogP contribution is -2.32. The van der Waals surface area contributed by atoms with Crippen LogP contribution in [-0.4, -0.2) is 58.0 Å². The molecule has 1 N–H and O–H groups in total. The number of carbonyl (C=O) groups excluding carboxylic acids is 2. The van der Waals surface area contributed by atoms with E-state index in [1.165, 1.54) is 15.6 Å². The van der Waals surface area contributed by atoms with E-state index in [2.05, 4.69) is 15.4 Å². The van der Waals surface area contributed by atoms with Crippen molar-refractivity contribution in [3.05, 3.63) is 83.2 Å². The molecule has 0 spiro atoms. The highest BCUT2D eigenvalue weighted by atomic mass is 16.5. The molecule has 194 valence electrons. The second-order valence-electron chi connectivity index (χ2n) is 8.61. The Kier molecular flexibility index (Phi) is 6.65. The number of benzene rings is 2. The first kappa shape index (κ1) is 24.8. The summed E-state index contributed by atoms with van der Waals surface area (Å²) >= 11 is 0. The average Bonchev–Trinajstić information content (AvgIpc) is 3.50. The van der Waals surface area contributed by atoms with Crippen LogP contribution in [0.25, 0.3) is 16.8 Å². The molecule has 0 radical (unpaired) electrons. The van der Waals surface area contributed by atoms with E-state index in [9.17, 15) is 14.4 Å². The predicted octanol–water partition coefficient (Wildman–Crippen LogP) is 2.84. The van der Waals surface area contributed by atoms with Crippen molar-refractivity contribution in [3.63, 3.8) is 0 Å². The number of pyridine rings is 1. The van der Waals surface area contributed by atoms with Crippen molar-refractivity contribution in [2.24, 2.45) is 7.05 Å². The van der Waals surface area contributed by atoms with Gasteiger partial charge in [0.25, 0.3) is 5.91 Å². The maximum absolute atomic E-state index is 13.5. The van der Waals surface area contributed by atoms with Crippen LogP contribution >= 0.6 is 0 Å². The van der Waals surface area contributed by atoms with Gasteiger partial charge in [0.15, 0.2) is 11.6 Å². The molecular weight excluding hydrogens is 486 g/mol. The summed E-state index contributed by atoms with van der Waals surface area (Å²) < 4.78 is 8.76. The monoisotopic (exact) mass is 513 g/mol. The van der Waals surface area contributed by atoms with Gasteiger partial charge in [-0.25, -0.2) is 23.8 Å². The molecule has 11 nitrogen and oxygen atoms in total. The van der Waals surface area contributed by atoms with Gasteiger partial charge in [-0.05, 0) is 48.9 Å². The summed E-state index contributed by atoms with van der Waals surface area (Å²) in [6.45, 7) is 3.10. The SMILES string of the molecule is CCOc1c(-c2ccc(-n3cnn(C)c3=O)cc2)ccnc1N1CCN(c2cccc(C(=O)NC)c2)C1=O. The molecule has 3 amide bonds. The van der Waals surface area contributed by atoms with Gasteiger partial charge in [-0.3, -0.25) is 14.6 Å². The number of nitrogens with one attached hydrogen (secondary N) is 1. The summed E-state index contributed by atoms with van der Waals surface area (Å²) in [5, 5.41) is 6.60. The van der Waals surface area contributed by atoms with Gasteiger partial charge in [0.05, 0.1) is 12.3 Å². The highest BCUT2D eigenvalue weighted by molar-refractivity contribution is 6.07. The van der Waals surface area contributed by atoms with Crippen LogP contribution in [0.1, 0.15) is 17.3 Å². The molecule has 1 saturated heterocycles. The highest BCUT2D eigenvalue weighted by Crippen LogP contribution is 2.39. The van der Waals surface area contributed by atoms with Gasteiger partial charge >= 0.3 is 11.7 Å². The highest BCUT2D eigenvalue weighted by Gasteiger charge is 2.34. The third kappa shape index (κ3) is 4.38. The zero-order chi connectivity index (χ0) is 26.8. The molecule has 1 aliphatic heterocycles. The second-order valence-corrected chi connectivity index (χ2v) is 8.61. The molecule has 0 unspecified atom stereocenters. The zero-order valence-corrected chi connectivity index (χ0v) is 21.3. The van der Waals surface area contributed by atoms with Crippen LogP contribution in [-0.2, 0) is 7.05 Å². The molecule has 3 heterocycles. The molecule has 0 bridgehead atoms. The number of urea groups is 1. The Morgan fingerprint density at radius 2 is 1.79 bits per heavy atom. The zero-order valence-electron chi connectivity index (χ0n) is 21.3. The minimum Gasteiger partial charge on any atom is -0.489 e. The van der Waals surface area contributed by atoms with E-state index in [-0.39, 0.29) is 17.6 Å². The first-order valence-electron chi connectivity index (χ1n) is 12.2. The number of aryl methyl sites for hydroxylation is 1. The van der Waals surface area contributed by atoms with Gasteiger partial charge in [-0.1, -0.05) is 18.2 Å². The summed E-state index contributed by atoms with van der Waals surface area (Å²) in [6.07, 6.45) is 3.12. The van der Waals surface area contributed by atoms with Crippen molar-refractivity contribution in [1.82, 2.24) is 24.6 Å². The van der Waals surface area contributed by atoms with Crippen molar-refractivity contribution in [2.45, 2.75) is 6.92 Å². The molecule has 0 aliphatic carbocycles. The van der Waals surface area contributed by atoms with Crippen molar-refractivity contribution in [1.29, 1.82) is 0 Å². The maximum atomic E-state index is 13.5. The Morgan fingerprint density at radius 1 is 1.03 bits per heavy atom. The first-order valence-corrected chi connectivity index (χ1v) is 12.2. The van der Waals surface area contributed by atoms with Gasteiger partial charge in [0.2, 0.25) is 0 Å². The smallest absolute Gasteiger partial charge is 0.350 e. The number of rotatable bonds is 7. The first-order chi connectivity index (χ1) is 18.4. The third-order valence-corrected chi connectivity index (χ3v) is 6.37. The topological polar surface area (TPSA) is 115 Å². The fourth-order valence-electron chi connectivity index (χ4n) is 4.44. The fourth-order valence-corrected chi connectivity index (χ4v) is 4.44. The Hall–Kier alpha value is -4.93. The summed E-state index contributed by atoms with van der Waals surface area (Å²) in [6, 6.07) is 16.0. The fraction of sp³-hybridized carbons (Fsp3) is 0.222. The molecule has 2 aromatic carbocycles. The quantitative estimate of drug-likeness (QED) is 0.407. The maximum Gasteiger partial charge on any atom is 0.350 e. The van der Waals surface area contributed by atoms with Crippen LogP contribution in [0.3, 0.4) is 0 Å². The summed E-state index contributed by atoms with van der Waals surface area (Å²) in [7, 11) is 3.16. The standard InChI is InChI=1S/C27H27N7O4/c1-4-38-23-22(18-8-10-20(11-9-18)34-17-30-31(3)26(34)36)12-13-29-24(23)33-15-14-32(27(33)37)21-7-5-6-19(16-21)25(35)28-2/h5-13,16-17H,4,14-15H2,1-3H3,(H,28,35). The van der Waals surface area contributed by atoms with Crippen molar-refractivity contribution in [3.8, 4) is 22.6 Å². The molecule has 5 rings (SSSR count). The number of amides is 3. The van der Waals surface area contributed by atoms with E-state index in [4.69, 9.17) is 4.74 Å². The van der Waals surface area contributed by atoms with E-state index in [1.807, 2.05) is 37.3 Å². The largest absolute Gasteiger partial charge is 0.489 e.